The largest absolute Gasteiger partial charge is 0.497 e. The average molecular weight is 436 g/mol. The lowest BCUT2D eigenvalue weighted by Gasteiger charge is -2.17. The molecule has 1 atom stereocenters. The first-order chi connectivity index (χ1) is 15.3. The number of fused-ring (bicyclic) bond motifs is 1. The van der Waals surface area contributed by atoms with Crippen molar-refractivity contribution < 1.29 is 17.9 Å². The van der Waals surface area contributed by atoms with Crippen LogP contribution in [-0.2, 0) is 12.7 Å². The lowest BCUT2D eigenvalue weighted by Crippen LogP contribution is -2.19. The Hall–Kier alpha value is -3.38. The maximum Gasteiger partial charge on any atom is 0.416 e. The fourth-order valence-electron chi connectivity index (χ4n) is 3.64. The van der Waals surface area contributed by atoms with Crippen LogP contribution in [0.25, 0.3) is 22.0 Å². The van der Waals surface area contributed by atoms with Gasteiger partial charge in [-0.1, -0.05) is 48.5 Å². The molecule has 0 spiro atoms. The normalized spacial score (nSPS) is 12.7. The Balaban J connectivity index is 1.65. The number of ether oxygens (including phenoxy) is 1. The van der Waals surface area contributed by atoms with E-state index in [2.05, 4.69) is 5.32 Å². The van der Waals surface area contributed by atoms with E-state index in [1.54, 1.807) is 7.11 Å². The summed E-state index contributed by atoms with van der Waals surface area (Å²) in [4.78, 5) is 4.84. The van der Waals surface area contributed by atoms with E-state index < -0.39 is 11.7 Å². The van der Waals surface area contributed by atoms with Crippen molar-refractivity contribution in [2.45, 2.75) is 25.7 Å². The van der Waals surface area contributed by atoms with E-state index in [1.807, 2.05) is 61.5 Å². The van der Waals surface area contributed by atoms with Crippen LogP contribution in [0.4, 0.5) is 13.2 Å². The number of aromatic nitrogens is 1. The van der Waals surface area contributed by atoms with Gasteiger partial charge in [0.1, 0.15) is 5.75 Å². The second kappa shape index (κ2) is 9.01. The van der Waals surface area contributed by atoms with E-state index in [0.717, 1.165) is 39.9 Å². The molecule has 0 bridgehead atoms. The minimum Gasteiger partial charge on any atom is -0.497 e. The van der Waals surface area contributed by atoms with Crippen LogP contribution in [0.3, 0.4) is 0 Å². The lowest BCUT2D eigenvalue weighted by molar-refractivity contribution is -0.137. The van der Waals surface area contributed by atoms with Crippen molar-refractivity contribution in [2.24, 2.45) is 0 Å². The maximum atomic E-state index is 13.0. The lowest BCUT2D eigenvalue weighted by atomic mass is 10.0. The second-order valence-corrected chi connectivity index (χ2v) is 7.65. The summed E-state index contributed by atoms with van der Waals surface area (Å²) in [7, 11) is 1.64. The van der Waals surface area contributed by atoms with Crippen LogP contribution in [-0.4, -0.2) is 12.1 Å². The van der Waals surface area contributed by atoms with Crippen LogP contribution in [0.2, 0.25) is 0 Å². The summed E-state index contributed by atoms with van der Waals surface area (Å²) in [6, 6.07) is 22.7. The zero-order chi connectivity index (χ0) is 22.7. The van der Waals surface area contributed by atoms with Crippen LogP contribution in [0, 0.1) is 0 Å². The van der Waals surface area contributed by atoms with E-state index in [9.17, 15) is 13.2 Å². The standard InChI is InChI=1S/C26H23F3N2O/c1-17(30-16-18-6-5-8-22(14-18)32-2)24-15-20-7-3-4-9-23(20)25(31-24)19-10-12-21(13-11-19)26(27,28)29/h3-15,17,30H,16H2,1-2H3. The van der Waals surface area contributed by atoms with Crippen LogP contribution in [0.1, 0.15) is 29.8 Å². The van der Waals surface area contributed by atoms with Gasteiger partial charge in [0.05, 0.1) is 24.1 Å². The molecule has 0 fully saturated rings. The van der Waals surface area contributed by atoms with Crippen LogP contribution < -0.4 is 10.1 Å². The molecular weight excluding hydrogens is 413 g/mol. The number of rotatable bonds is 6. The Morgan fingerprint density at radius 2 is 1.69 bits per heavy atom. The van der Waals surface area contributed by atoms with Crippen molar-refractivity contribution in [3.63, 3.8) is 0 Å². The molecular formula is C26H23F3N2O. The molecule has 1 aromatic heterocycles. The predicted octanol–water partition coefficient (Wildman–Crippen LogP) is 6.78. The van der Waals surface area contributed by atoms with E-state index >= 15 is 0 Å². The molecule has 4 aromatic rings. The molecule has 3 nitrogen and oxygen atoms in total. The SMILES string of the molecule is COc1cccc(CNC(C)c2cc3ccccc3c(-c3ccc(C(F)(F)F)cc3)n2)c1. The van der Waals surface area contributed by atoms with Gasteiger partial charge >= 0.3 is 6.18 Å². The average Bonchev–Trinajstić information content (AvgIpc) is 2.81. The molecule has 0 saturated carbocycles. The monoisotopic (exact) mass is 436 g/mol. The molecule has 0 aliphatic rings. The third kappa shape index (κ3) is 4.75. The highest BCUT2D eigenvalue weighted by Gasteiger charge is 2.30. The van der Waals surface area contributed by atoms with E-state index in [-0.39, 0.29) is 6.04 Å². The van der Waals surface area contributed by atoms with E-state index in [1.165, 1.54) is 12.1 Å². The van der Waals surface area contributed by atoms with E-state index in [0.29, 0.717) is 17.8 Å². The van der Waals surface area contributed by atoms with Gasteiger partial charge < -0.3 is 10.1 Å². The van der Waals surface area contributed by atoms with Gasteiger partial charge in [0.25, 0.3) is 0 Å². The number of hydrogen-bond acceptors (Lipinski definition) is 3. The van der Waals surface area contributed by atoms with Gasteiger partial charge in [-0.05, 0) is 48.2 Å². The molecule has 0 aliphatic heterocycles. The molecule has 0 radical (unpaired) electrons. The van der Waals surface area contributed by atoms with Crippen molar-refractivity contribution in [3.05, 3.63) is 95.7 Å². The summed E-state index contributed by atoms with van der Waals surface area (Å²) in [5.41, 5.74) is 2.55. The number of nitrogens with zero attached hydrogens (tertiary/aromatic N) is 1. The highest BCUT2D eigenvalue weighted by atomic mass is 19.4. The summed E-state index contributed by atoms with van der Waals surface area (Å²) in [6.07, 6.45) is -4.37. The second-order valence-electron chi connectivity index (χ2n) is 7.65. The Morgan fingerprint density at radius 1 is 0.938 bits per heavy atom. The summed E-state index contributed by atoms with van der Waals surface area (Å²) in [5.74, 6) is 0.797. The number of alkyl halides is 3. The first kappa shape index (κ1) is 21.8. The molecule has 1 heterocycles. The number of pyridine rings is 1. The molecule has 0 saturated heterocycles. The van der Waals surface area contributed by atoms with Gasteiger partial charge in [-0.25, -0.2) is 0 Å². The van der Waals surface area contributed by atoms with Crippen LogP contribution in [0.5, 0.6) is 5.75 Å². The molecule has 4 rings (SSSR count). The zero-order valence-electron chi connectivity index (χ0n) is 17.8. The van der Waals surface area contributed by atoms with Crippen LogP contribution >= 0.6 is 0 Å². The minimum atomic E-state index is -4.37. The third-order valence-corrected chi connectivity index (χ3v) is 5.44. The number of halogens is 3. The topological polar surface area (TPSA) is 34.1 Å². The van der Waals surface area contributed by atoms with Crippen molar-refractivity contribution >= 4 is 10.8 Å². The molecule has 32 heavy (non-hydrogen) atoms. The molecule has 1 unspecified atom stereocenters. The molecule has 164 valence electrons. The molecule has 3 aromatic carbocycles. The summed E-state index contributed by atoms with van der Waals surface area (Å²) >= 11 is 0. The number of nitrogens with one attached hydrogen (secondary N) is 1. The highest BCUT2D eigenvalue weighted by Crippen LogP contribution is 2.33. The smallest absolute Gasteiger partial charge is 0.416 e. The fourth-order valence-corrected chi connectivity index (χ4v) is 3.64. The summed E-state index contributed by atoms with van der Waals surface area (Å²) < 4.78 is 44.2. The predicted molar refractivity (Wildman–Crippen MR) is 120 cm³/mol. The van der Waals surface area contributed by atoms with Crippen LogP contribution in [0.15, 0.2) is 78.9 Å². The van der Waals surface area contributed by atoms with Crippen molar-refractivity contribution in [1.82, 2.24) is 10.3 Å². The number of hydrogen-bond donors (Lipinski definition) is 1. The Kier molecular flexibility index (Phi) is 6.15. The van der Waals surface area contributed by atoms with E-state index in [4.69, 9.17) is 9.72 Å². The van der Waals surface area contributed by atoms with Crippen molar-refractivity contribution in [3.8, 4) is 17.0 Å². The Labute approximate surface area is 184 Å². The Bertz CT molecular complexity index is 1220. The third-order valence-electron chi connectivity index (χ3n) is 5.44. The van der Waals surface area contributed by atoms with Gasteiger partial charge in [-0.3, -0.25) is 4.98 Å². The van der Waals surface area contributed by atoms with Gasteiger partial charge in [-0.2, -0.15) is 13.2 Å². The molecule has 6 heteroatoms. The zero-order valence-corrected chi connectivity index (χ0v) is 17.8. The number of benzene rings is 3. The van der Waals surface area contributed by atoms with Gasteiger partial charge in [0.2, 0.25) is 0 Å². The first-order valence-electron chi connectivity index (χ1n) is 10.3. The molecule has 0 aliphatic carbocycles. The Morgan fingerprint density at radius 3 is 2.41 bits per heavy atom. The van der Waals surface area contributed by atoms with Gasteiger partial charge in [0, 0.05) is 23.5 Å². The quantitative estimate of drug-likeness (QED) is 0.362. The fraction of sp³-hybridized carbons (Fsp3) is 0.192. The first-order valence-corrected chi connectivity index (χ1v) is 10.3. The molecule has 1 N–H and O–H groups in total. The van der Waals surface area contributed by atoms with Gasteiger partial charge in [0.15, 0.2) is 0 Å². The highest BCUT2D eigenvalue weighted by molar-refractivity contribution is 5.94. The summed E-state index contributed by atoms with van der Waals surface area (Å²) in [5, 5.41) is 5.36. The van der Waals surface area contributed by atoms with Crippen molar-refractivity contribution in [2.75, 3.05) is 7.11 Å². The summed E-state index contributed by atoms with van der Waals surface area (Å²) in [6.45, 7) is 2.65. The van der Waals surface area contributed by atoms with Gasteiger partial charge in [-0.15, -0.1) is 0 Å². The number of methoxy groups -OCH3 is 1. The van der Waals surface area contributed by atoms with Crippen molar-refractivity contribution in [1.29, 1.82) is 0 Å². The molecule has 0 amide bonds. The minimum absolute atomic E-state index is 0.0704. The maximum absolute atomic E-state index is 13.0.